The molecule has 0 bridgehead atoms. The van der Waals surface area contributed by atoms with E-state index >= 15 is 0 Å². The van der Waals surface area contributed by atoms with Crippen molar-refractivity contribution in [3.05, 3.63) is 12.3 Å². The summed E-state index contributed by atoms with van der Waals surface area (Å²) in [5, 5.41) is 4.28. The van der Waals surface area contributed by atoms with Crippen molar-refractivity contribution in [2.75, 3.05) is 5.75 Å². The van der Waals surface area contributed by atoms with Gasteiger partial charge >= 0.3 is 0 Å². The van der Waals surface area contributed by atoms with Gasteiger partial charge in [0.2, 0.25) is 0 Å². The summed E-state index contributed by atoms with van der Waals surface area (Å²) in [6.07, 6.45) is 1.21. The van der Waals surface area contributed by atoms with Gasteiger partial charge in [-0.05, 0) is 12.3 Å². The molecule has 2 heterocycles. The summed E-state index contributed by atoms with van der Waals surface area (Å²) in [6.45, 7) is 10.3. The van der Waals surface area contributed by atoms with Gasteiger partial charge in [-0.25, -0.2) is 0 Å². The van der Waals surface area contributed by atoms with Gasteiger partial charge in [0, 0.05) is 22.7 Å². The number of rotatable bonds is 0. The fraction of sp³-hybridized carbons (Fsp3) is 0.800. The maximum absolute atomic E-state index is 3.95. The molecule has 1 nitrogen and oxygen atoms in total. The average Bonchev–Trinajstić information content (AvgIpc) is 2.58. The molecule has 3 atom stereocenters. The maximum Gasteiger partial charge on any atom is 0.0391 e. The number of hydrogen-bond donors (Lipinski definition) is 1. The molecule has 0 unspecified atom stereocenters. The first-order valence-corrected chi connectivity index (χ1v) is 5.88. The van der Waals surface area contributed by atoms with Crippen LogP contribution in [-0.2, 0) is 0 Å². The van der Waals surface area contributed by atoms with Gasteiger partial charge in [0.15, 0.2) is 0 Å². The number of thioether (sulfide) groups is 1. The second kappa shape index (κ2) is 4.22. The number of fused-ring (bicyclic) bond motifs is 1. The van der Waals surface area contributed by atoms with Crippen molar-refractivity contribution in [1.29, 1.82) is 0 Å². The van der Waals surface area contributed by atoms with Gasteiger partial charge in [0.05, 0.1) is 0 Å². The van der Waals surface area contributed by atoms with E-state index in [-0.39, 0.29) is 0 Å². The third-order valence-corrected chi connectivity index (χ3v) is 3.96. The minimum Gasteiger partial charge on any atom is -0.385 e. The highest BCUT2D eigenvalue weighted by atomic mass is 32.2. The first-order chi connectivity index (χ1) is 5.77. The van der Waals surface area contributed by atoms with Crippen molar-refractivity contribution in [3.63, 3.8) is 0 Å². The Morgan fingerprint density at radius 3 is 2.75 bits per heavy atom. The van der Waals surface area contributed by atoms with Gasteiger partial charge in [-0.2, -0.15) is 11.8 Å². The zero-order chi connectivity index (χ0) is 9.14. The van der Waals surface area contributed by atoms with Gasteiger partial charge in [0.1, 0.15) is 0 Å². The Hall–Kier alpha value is -0.110. The summed E-state index contributed by atoms with van der Waals surface area (Å²) in [7, 11) is 0. The van der Waals surface area contributed by atoms with Crippen molar-refractivity contribution in [2.45, 2.75) is 38.5 Å². The molecular formula is C10H19NS. The molecule has 70 valence electrons. The molecule has 0 aromatic rings. The first-order valence-electron chi connectivity index (χ1n) is 4.83. The molecule has 2 aliphatic heterocycles. The summed E-state index contributed by atoms with van der Waals surface area (Å²) in [5.74, 6) is 2.16. The molecule has 2 rings (SSSR count). The van der Waals surface area contributed by atoms with Crippen molar-refractivity contribution in [1.82, 2.24) is 5.32 Å². The molecule has 2 saturated heterocycles. The van der Waals surface area contributed by atoms with E-state index in [1.165, 1.54) is 17.9 Å². The Labute approximate surface area is 80.0 Å². The molecule has 2 heteroatoms. The topological polar surface area (TPSA) is 12.0 Å². The average molecular weight is 185 g/mol. The highest BCUT2D eigenvalue weighted by Gasteiger charge is 2.38. The standard InChI is InChI=1S/C8H13NS.C2H6/c1-5-3-7-6(2)10-4-8(7)9-5;1-2/h6-9H,1,3-4H2,2H3;1-2H3/t6-,7+,8-;/m0./s1. The SMILES string of the molecule is C=C1C[C@H]2[C@H](CS[C@H]2C)N1.CC. The predicted molar refractivity (Wildman–Crippen MR) is 57.4 cm³/mol. The molecule has 0 spiro atoms. The summed E-state index contributed by atoms with van der Waals surface area (Å²) < 4.78 is 0. The predicted octanol–water partition coefficient (Wildman–Crippen LogP) is 2.64. The van der Waals surface area contributed by atoms with Crippen molar-refractivity contribution in [2.24, 2.45) is 5.92 Å². The zero-order valence-corrected chi connectivity index (χ0v) is 9.08. The van der Waals surface area contributed by atoms with Gasteiger partial charge in [0.25, 0.3) is 0 Å². The van der Waals surface area contributed by atoms with E-state index in [4.69, 9.17) is 0 Å². The van der Waals surface area contributed by atoms with Crippen LogP contribution in [0.5, 0.6) is 0 Å². The van der Waals surface area contributed by atoms with Crippen molar-refractivity contribution >= 4 is 11.8 Å². The lowest BCUT2D eigenvalue weighted by molar-refractivity contribution is 0.504. The third-order valence-electron chi connectivity index (χ3n) is 2.53. The van der Waals surface area contributed by atoms with E-state index in [1.807, 2.05) is 13.8 Å². The van der Waals surface area contributed by atoms with Crippen LogP contribution in [0.1, 0.15) is 27.2 Å². The Morgan fingerprint density at radius 1 is 1.50 bits per heavy atom. The third kappa shape index (κ3) is 1.79. The second-order valence-electron chi connectivity index (χ2n) is 3.26. The minimum atomic E-state index is 0.743. The van der Waals surface area contributed by atoms with Crippen LogP contribution in [0.4, 0.5) is 0 Å². The quantitative estimate of drug-likeness (QED) is 0.622. The van der Waals surface area contributed by atoms with Gasteiger partial charge in [-0.1, -0.05) is 27.4 Å². The van der Waals surface area contributed by atoms with Crippen LogP contribution in [0.3, 0.4) is 0 Å². The fourth-order valence-corrected chi connectivity index (χ4v) is 3.27. The Bertz CT molecular complexity index is 167. The van der Waals surface area contributed by atoms with E-state index < -0.39 is 0 Å². The normalized spacial score (nSPS) is 38.2. The van der Waals surface area contributed by atoms with Crippen molar-refractivity contribution in [3.8, 4) is 0 Å². The van der Waals surface area contributed by atoms with E-state index in [9.17, 15) is 0 Å². The van der Waals surface area contributed by atoms with Crippen molar-refractivity contribution < 1.29 is 0 Å². The first kappa shape index (κ1) is 9.97. The van der Waals surface area contributed by atoms with E-state index in [0.29, 0.717) is 0 Å². The molecule has 0 aromatic heterocycles. The minimum absolute atomic E-state index is 0.743. The second-order valence-corrected chi connectivity index (χ2v) is 4.67. The zero-order valence-electron chi connectivity index (χ0n) is 8.26. The fourth-order valence-electron chi connectivity index (χ4n) is 1.89. The Morgan fingerprint density at radius 2 is 2.17 bits per heavy atom. The summed E-state index contributed by atoms with van der Waals surface area (Å²) in [4.78, 5) is 0. The van der Waals surface area contributed by atoms with E-state index in [1.54, 1.807) is 0 Å². The number of nitrogens with one attached hydrogen (secondary N) is 1. The molecule has 1 N–H and O–H groups in total. The monoisotopic (exact) mass is 185 g/mol. The van der Waals surface area contributed by atoms with Crippen LogP contribution < -0.4 is 5.32 Å². The van der Waals surface area contributed by atoms with Crippen LogP contribution in [0.2, 0.25) is 0 Å². The van der Waals surface area contributed by atoms with Gasteiger partial charge in [-0.3, -0.25) is 0 Å². The lowest BCUT2D eigenvalue weighted by atomic mass is 9.99. The van der Waals surface area contributed by atoms with Gasteiger partial charge in [-0.15, -0.1) is 0 Å². The lowest BCUT2D eigenvalue weighted by Crippen LogP contribution is -2.25. The summed E-state index contributed by atoms with van der Waals surface area (Å²) in [6, 6.07) is 0.743. The van der Waals surface area contributed by atoms with Gasteiger partial charge < -0.3 is 5.32 Å². The summed E-state index contributed by atoms with van der Waals surface area (Å²) >= 11 is 2.09. The molecule has 2 aliphatic rings. The van der Waals surface area contributed by atoms with Crippen LogP contribution in [0.15, 0.2) is 12.3 Å². The van der Waals surface area contributed by atoms with E-state index in [2.05, 4.69) is 30.6 Å². The van der Waals surface area contributed by atoms with E-state index in [0.717, 1.165) is 17.2 Å². The molecule has 0 aromatic carbocycles. The molecule has 0 amide bonds. The molecule has 0 saturated carbocycles. The highest BCUT2D eigenvalue weighted by molar-refractivity contribution is 8.00. The lowest BCUT2D eigenvalue weighted by Gasteiger charge is -2.09. The summed E-state index contributed by atoms with van der Waals surface area (Å²) in [5.41, 5.74) is 1.25. The highest BCUT2D eigenvalue weighted by Crippen LogP contribution is 2.39. The van der Waals surface area contributed by atoms with Crippen LogP contribution in [0, 0.1) is 5.92 Å². The Balaban J connectivity index is 0.000000336. The number of hydrogen-bond acceptors (Lipinski definition) is 2. The van der Waals surface area contributed by atoms with Crippen LogP contribution in [-0.4, -0.2) is 17.0 Å². The maximum atomic E-state index is 3.95. The molecule has 0 radical (unpaired) electrons. The molecule has 2 fully saturated rings. The number of allylic oxidation sites excluding steroid dienone is 1. The molecule has 0 aliphatic carbocycles. The Kier molecular flexibility index (Phi) is 3.51. The largest absolute Gasteiger partial charge is 0.385 e. The van der Waals surface area contributed by atoms with Crippen LogP contribution in [0.25, 0.3) is 0 Å². The molecular weight excluding hydrogens is 166 g/mol. The van der Waals surface area contributed by atoms with Crippen LogP contribution >= 0.6 is 11.8 Å². The smallest absolute Gasteiger partial charge is 0.0391 e. The molecule has 12 heavy (non-hydrogen) atoms.